The zero-order valence-electron chi connectivity index (χ0n) is 22.4. The Morgan fingerprint density at radius 3 is 2.18 bits per heavy atom. The van der Waals surface area contributed by atoms with E-state index in [2.05, 4.69) is 83.9 Å². The molecule has 33 heavy (non-hydrogen) atoms. The zero-order chi connectivity index (χ0) is 24.2. The van der Waals surface area contributed by atoms with E-state index < -0.39 is 5.79 Å². The summed E-state index contributed by atoms with van der Waals surface area (Å²) < 4.78 is 13.7. The maximum atomic E-state index is 6.83. The van der Waals surface area contributed by atoms with Crippen molar-refractivity contribution in [1.82, 2.24) is 5.06 Å². The van der Waals surface area contributed by atoms with Crippen molar-refractivity contribution >= 4 is 0 Å². The van der Waals surface area contributed by atoms with Gasteiger partial charge in [-0.25, -0.2) is 0 Å². The van der Waals surface area contributed by atoms with Gasteiger partial charge in [0.05, 0.1) is 25.4 Å². The molecule has 4 heteroatoms. The first-order valence-corrected chi connectivity index (χ1v) is 13.5. The number of ether oxygens (including phenoxy) is 2. The summed E-state index contributed by atoms with van der Waals surface area (Å²) in [6, 6.07) is 10.6. The Morgan fingerprint density at radius 2 is 1.64 bits per heavy atom. The van der Waals surface area contributed by atoms with Crippen LogP contribution in [0, 0.1) is 11.3 Å². The number of hydrogen-bond acceptors (Lipinski definition) is 4. The smallest absolute Gasteiger partial charge is 0.174 e. The highest BCUT2D eigenvalue weighted by Gasteiger charge is 2.63. The highest BCUT2D eigenvalue weighted by molar-refractivity contribution is 5.15. The van der Waals surface area contributed by atoms with Crippen molar-refractivity contribution < 1.29 is 14.3 Å². The minimum absolute atomic E-state index is 0.149. The average Bonchev–Trinajstić information content (AvgIpc) is 2.85. The number of rotatable bonds is 10. The number of piperidine rings is 1. The molecule has 0 bridgehead atoms. The molecule has 2 aliphatic heterocycles. The summed E-state index contributed by atoms with van der Waals surface area (Å²) >= 11 is 0. The van der Waals surface area contributed by atoms with Crippen LogP contribution < -0.4 is 0 Å². The molecule has 2 saturated heterocycles. The molecule has 2 aliphatic rings. The van der Waals surface area contributed by atoms with E-state index in [1.807, 2.05) is 0 Å². The molecule has 1 spiro atoms. The van der Waals surface area contributed by atoms with Gasteiger partial charge in [-0.05, 0) is 51.5 Å². The van der Waals surface area contributed by atoms with Gasteiger partial charge in [0.25, 0.3) is 0 Å². The summed E-state index contributed by atoms with van der Waals surface area (Å²) in [4.78, 5) is 6.64. The third kappa shape index (κ3) is 5.19. The van der Waals surface area contributed by atoms with Crippen LogP contribution in [0.2, 0.25) is 0 Å². The molecule has 0 aromatic heterocycles. The Labute approximate surface area is 203 Å². The van der Waals surface area contributed by atoms with Crippen LogP contribution in [0.25, 0.3) is 0 Å². The molecule has 188 valence electrons. The second-order valence-electron chi connectivity index (χ2n) is 11.2. The van der Waals surface area contributed by atoms with Crippen molar-refractivity contribution in [2.24, 2.45) is 11.3 Å². The predicted molar refractivity (Wildman–Crippen MR) is 136 cm³/mol. The summed E-state index contributed by atoms with van der Waals surface area (Å²) in [5.74, 6) is -0.341. The van der Waals surface area contributed by atoms with Gasteiger partial charge in [0.1, 0.15) is 0 Å². The molecule has 0 amide bonds. The Morgan fingerprint density at radius 1 is 0.970 bits per heavy atom. The number of hydrogen-bond donors (Lipinski definition) is 0. The monoisotopic (exact) mass is 459 g/mol. The SMILES string of the molecule is CCCCC1(CC)COC2(CC(C)(CC)N(OCCc3ccccc3)C(C)(CC)C2C)OC1. The number of hydroxylamine groups is 2. The van der Waals surface area contributed by atoms with Crippen molar-refractivity contribution in [2.45, 2.75) is 117 Å². The minimum atomic E-state index is -0.542. The van der Waals surface area contributed by atoms with E-state index in [1.165, 1.54) is 24.8 Å². The van der Waals surface area contributed by atoms with E-state index in [0.29, 0.717) is 6.61 Å². The normalized spacial score (nSPS) is 37.5. The van der Waals surface area contributed by atoms with Gasteiger partial charge in [-0.15, -0.1) is 0 Å². The van der Waals surface area contributed by atoms with Crippen molar-refractivity contribution in [3.05, 3.63) is 35.9 Å². The summed E-state index contributed by atoms with van der Waals surface area (Å²) in [6.45, 7) is 18.4. The zero-order valence-corrected chi connectivity index (χ0v) is 22.4. The maximum absolute atomic E-state index is 6.83. The van der Waals surface area contributed by atoms with Crippen LogP contribution >= 0.6 is 0 Å². The van der Waals surface area contributed by atoms with Crippen LogP contribution in [0.3, 0.4) is 0 Å². The van der Waals surface area contributed by atoms with Gasteiger partial charge in [0.2, 0.25) is 0 Å². The first-order valence-electron chi connectivity index (χ1n) is 13.5. The number of unbranched alkanes of at least 4 members (excludes halogenated alkanes) is 1. The van der Waals surface area contributed by atoms with Crippen LogP contribution in [-0.2, 0) is 20.7 Å². The van der Waals surface area contributed by atoms with Gasteiger partial charge in [-0.1, -0.05) is 77.8 Å². The van der Waals surface area contributed by atoms with Gasteiger partial charge in [0.15, 0.2) is 5.79 Å². The molecular weight excluding hydrogens is 410 g/mol. The molecule has 0 aliphatic carbocycles. The first-order chi connectivity index (χ1) is 15.7. The standard InChI is InChI=1S/C29H49NO3/c1-8-12-19-28(11-4)22-31-29(32-23-28)21-26(6,9-2)30(27(7,10-3)24(29)5)33-20-18-25-16-14-13-15-17-25/h13-17,24H,8-12,18-23H2,1-7H3. The minimum Gasteiger partial charge on any atom is -0.349 e. The lowest BCUT2D eigenvalue weighted by Gasteiger charge is -2.64. The molecule has 0 saturated carbocycles. The van der Waals surface area contributed by atoms with E-state index in [1.54, 1.807) is 0 Å². The van der Waals surface area contributed by atoms with Gasteiger partial charge in [-0.3, -0.25) is 4.84 Å². The van der Waals surface area contributed by atoms with Crippen LogP contribution in [0.15, 0.2) is 30.3 Å². The van der Waals surface area contributed by atoms with E-state index in [4.69, 9.17) is 14.3 Å². The molecule has 3 atom stereocenters. The first kappa shape index (κ1) is 26.7. The molecule has 4 nitrogen and oxygen atoms in total. The van der Waals surface area contributed by atoms with Gasteiger partial charge in [-0.2, -0.15) is 5.06 Å². The second-order valence-corrected chi connectivity index (χ2v) is 11.2. The molecule has 0 N–H and O–H groups in total. The lowest BCUT2D eigenvalue weighted by Crippen LogP contribution is -2.73. The van der Waals surface area contributed by atoms with E-state index >= 15 is 0 Å². The molecule has 2 heterocycles. The maximum Gasteiger partial charge on any atom is 0.174 e. The summed E-state index contributed by atoms with van der Waals surface area (Å²) in [5, 5.41) is 2.34. The number of benzene rings is 1. The lowest BCUT2D eigenvalue weighted by atomic mass is 9.66. The fourth-order valence-corrected chi connectivity index (χ4v) is 6.01. The van der Waals surface area contributed by atoms with Crippen LogP contribution in [-0.4, -0.2) is 41.7 Å². The van der Waals surface area contributed by atoms with Gasteiger partial charge < -0.3 is 9.47 Å². The Hall–Kier alpha value is -0.940. The summed E-state index contributed by atoms with van der Waals surface area (Å²) in [7, 11) is 0. The molecule has 1 aromatic carbocycles. The van der Waals surface area contributed by atoms with Gasteiger partial charge in [0, 0.05) is 23.3 Å². The van der Waals surface area contributed by atoms with E-state index in [-0.39, 0.29) is 22.4 Å². The lowest BCUT2D eigenvalue weighted by molar-refractivity contribution is -0.410. The number of nitrogens with zero attached hydrogens (tertiary/aromatic N) is 1. The van der Waals surface area contributed by atoms with Crippen molar-refractivity contribution in [2.75, 3.05) is 19.8 Å². The van der Waals surface area contributed by atoms with E-state index in [9.17, 15) is 0 Å². The summed E-state index contributed by atoms with van der Waals surface area (Å²) in [5.41, 5.74) is 1.16. The van der Waals surface area contributed by atoms with Crippen LogP contribution in [0.5, 0.6) is 0 Å². The Bertz CT molecular complexity index is 730. The van der Waals surface area contributed by atoms with Crippen molar-refractivity contribution in [3.63, 3.8) is 0 Å². The highest BCUT2D eigenvalue weighted by atomic mass is 16.7. The molecule has 0 radical (unpaired) electrons. The van der Waals surface area contributed by atoms with Crippen LogP contribution in [0.4, 0.5) is 0 Å². The quantitative estimate of drug-likeness (QED) is 0.371. The molecule has 2 fully saturated rings. The van der Waals surface area contributed by atoms with Crippen molar-refractivity contribution in [1.29, 1.82) is 0 Å². The molecule has 1 aromatic rings. The highest BCUT2D eigenvalue weighted by Crippen LogP contribution is 2.54. The Balaban J connectivity index is 1.80. The fourth-order valence-electron chi connectivity index (χ4n) is 6.01. The third-order valence-electron chi connectivity index (χ3n) is 9.16. The molecule has 3 rings (SSSR count). The second kappa shape index (κ2) is 10.8. The van der Waals surface area contributed by atoms with E-state index in [0.717, 1.165) is 45.3 Å². The molecule has 3 unspecified atom stereocenters. The van der Waals surface area contributed by atoms with Gasteiger partial charge >= 0.3 is 0 Å². The molecular formula is C29H49NO3. The average molecular weight is 460 g/mol. The predicted octanol–water partition coefficient (Wildman–Crippen LogP) is 7.17. The van der Waals surface area contributed by atoms with Crippen molar-refractivity contribution in [3.8, 4) is 0 Å². The van der Waals surface area contributed by atoms with Crippen LogP contribution in [0.1, 0.15) is 99.0 Å². The third-order valence-corrected chi connectivity index (χ3v) is 9.16. The summed E-state index contributed by atoms with van der Waals surface area (Å²) in [6.07, 6.45) is 8.50. The topological polar surface area (TPSA) is 30.9 Å². The largest absolute Gasteiger partial charge is 0.349 e. The fraction of sp³-hybridized carbons (Fsp3) is 0.793. The Kier molecular flexibility index (Phi) is 8.70.